The second-order valence-corrected chi connectivity index (χ2v) is 8.01. The Morgan fingerprint density at radius 3 is 2.57 bits per heavy atom. The number of carbonyl (C=O) groups excluding carboxylic acids is 2. The van der Waals surface area contributed by atoms with E-state index in [2.05, 4.69) is 51.8 Å². The summed E-state index contributed by atoms with van der Waals surface area (Å²) in [5.74, 6) is -0.577. The molecule has 1 aromatic carbocycles. The van der Waals surface area contributed by atoms with Gasteiger partial charge in [-0.05, 0) is 50.3 Å². The van der Waals surface area contributed by atoms with Gasteiger partial charge in [0.25, 0.3) is 5.91 Å². The first-order valence-corrected chi connectivity index (χ1v) is 10.3. The van der Waals surface area contributed by atoms with E-state index in [9.17, 15) is 9.59 Å². The molecule has 2 aliphatic rings. The standard InChI is InChI=1S/C24H26N4O2/c1-16-3-6-18(7-4-16)11-12-27-24(23(30)28-19-8-9-19)17(2)5-10-20(22(24)29)21-15-25-13-14-26-21/h3-7,10,13-15,19,27H,8-9,11-12H2,1-2H3,(H,28,30). The van der Waals surface area contributed by atoms with Crippen molar-refractivity contribution < 1.29 is 9.59 Å². The Balaban J connectivity index is 1.62. The van der Waals surface area contributed by atoms with E-state index in [1.165, 1.54) is 5.56 Å². The first-order valence-electron chi connectivity index (χ1n) is 10.3. The third-order valence-electron chi connectivity index (χ3n) is 5.69. The summed E-state index contributed by atoms with van der Waals surface area (Å²) in [5, 5.41) is 6.34. The van der Waals surface area contributed by atoms with Crippen LogP contribution in [0.15, 0.2) is 60.6 Å². The quantitative estimate of drug-likeness (QED) is 0.696. The first-order chi connectivity index (χ1) is 14.5. The maximum atomic E-state index is 13.7. The molecule has 1 amide bonds. The summed E-state index contributed by atoms with van der Waals surface area (Å²) >= 11 is 0. The number of Topliss-reactive ketones (excluding diaryl/α,β-unsaturated/α-hetero) is 1. The highest BCUT2D eigenvalue weighted by Gasteiger charge is 2.50. The van der Waals surface area contributed by atoms with Crippen molar-refractivity contribution in [2.75, 3.05) is 6.54 Å². The number of benzene rings is 1. The molecular formula is C24H26N4O2. The topological polar surface area (TPSA) is 84.0 Å². The minimum atomic E-state index is -1.44. The zero-order valence-electron chi connectivity index (χ0n) is 17.3. The molecule has 6 nitrogen and oxygen atoms in total. The Labute approximate surface area is 176 Å². The monoisotopic (exact) mass is 402 g/mol. The highest BCUT2D eigenvalue weighted by molar-refractivity contribution is 6.34. The Hall–Kier alpha value is -3.12. The fourth-order valence-electron chi connectivity index (χ4n) is 3.68. The number of amides is 1. The lowest BCUT2D eigenvalue weighted by Gasteiger charge is -2.36. The molecule has 1 saturated carbocycles. The van der Waals surface area contributed by atoms with Gasteiger partial charge >= 0.3 is 0 Å². The normalized spacial score (nSPS) is 21.1. The van der Waals surface area contributed by atoms with Crippen molar-refractivity contribution in [3.63, 3.8) is 0 Å². The van der Waals surface area contributed by atoms with Crippen LogP contribution in [0.3, 0.4) is 0 Å². The lowest BCUT2D eigenvalue weighted by Crippen LogP contribution is -2.64. The molecule has 30 heavy (non-hydrogen) atoms. The molecule has 2 aliphatic carbocycles. The molecule has 1 atom stereocenters. The number of ketones is 1. The smallest absolute Gasteiger partial charge is 0.252 e. The molecule has 0 saturated heterocycles. The van der Waals surface area contributed by atoms with Gasteiger partial charge in [-0.2, -0.15) is 0 Å². The molecule has 6 heteroatoms. The van der Waals surface area contributed by atoms with E-state index >= 15 is 0 Å². The molecule has 0 radical (unpaired) electrons. The van der Waals surface area contributed by atoms with Crippen molar-refractivity contribution >= 4 is 17.3 Å². The van der Waals surface area contributed by atoms with Gasteiger partial charge < -0.3 is 5.32 Å². The molecule has 0 spiro atoms. The van der Waals surface area contributed by atoms with Crippen LogP contribution in [-0.2, 0) is 16.0 Å². The molecule has 1 fully saturated rings. The van der Waals surface area contributed by atoms with Crippen LogP contribution < -0.4 is 10.6 Å². The van der Waals surface area contributed by atoms with Crippen molar-refractivity contribution in [3.8, 4) is 0 Å². The number of rotatable bonds is 7. The Bertz CT molecular complexity index is 1010. The van der Waals surface area contributed by atoms with Crippen molar-refractivity contribution in [2.24, 2.45) is 0 Å². The fourth-order valence-corrected chi connectivity index (χ4v) is 3.68. The summed E-state index contributed by atoms with van der Waals surface area (Å²) < 4.78 is 0. The summed E-state index contributed by atoms with van der Waals surface area (Å²) in [4.78, 5) is 35.4. The number of nitrogens with one attached hydrogen (secondary N) is 2. The summed E-state index contributed by atoms with van der Waals surface area (Å²) in [6, 6.07) is 8.43. The highest BCUT2D eigenvalue weighted by atomic mass is 16.2. The average molecular weight is 402 g/mol. The van der Waals surface area contributed by atoms with Crippen molar-refractivity contribution in [1.29, 1.82) is 0 Å². The number of carbonyl (C=O) groups is 2. The summed E-state index contributed by atoms with van der Waals surface area (Å²) in [6.45, 7) is 4.37. The zero-order chi connectivity index (χ0) is 21.1. The van der Waals surface area contributed by atoms with Gasteiger partial charge in [-0.3, -0.25) is 24.9 Å². The maximum Gasteiger partial charge on any atom is 0.252 e. The van der Waals surface area contributed by atoms with E-state index in [1.807, 2.05) is 13.0 Å². The van der Waals surface area contributed by atoms with Gasteiger partial charge in [0.05, 0.1) is 11.9 Å². The number of allylic oxidation sites excluding steroid dienone is 2. The molecule has 0 bridgehead atoms. The van der Waals surface area contributed by atoms with Crippen LogP contribution in [0.1, 0.15) is 36.6 Å². The minimum Gasteiger partial charge on any atom is -0.351 e. The molecule has 1 heterocycles. The van der Waals surface area contributed by atoms with E-state index in [4.69, 9.17) is 0 Å². The number of hydrogen-bond donors (Lipinski definition) is 2. The Kier molecular flexibility index (Phi) is 5.59. The van der Waals surface area contributed by atoms with Gasteiger partial charge in [0, 0.05) is 30.6 Å². The van der Waals surface area contributed by atoms with E-state index in [0.717, 1.165) is 18.4 Å². The van der Waals surface area contributed by atoms with E-state index < -0.39 is 5.54 Å². The number of aryl methyl sites for hydroxylation is 1. The fraction of sp³-hybridized carbons (Fsp3) is 0.333. The predicted molar refractivity (Wildman–Crippen MR) is 116 cm³/mol. The first kappa shape index (κ1) is 20.2. The van der Waals surface area contributed by atoms with Crippen LogP contribution in [0.2, 0.25) is 0 Å². The molecule has 0 aliphatic heterocycles. The minimum absolute atomic E-state index is 0.153. The van der Waals surface area contributed by atoms with Crippen LogP contribution in [0, 0.1) is 6.92 Å². The summed E-state index contributed by atoms with van der Waals surface area (Å²) in [7, 11) is 0. The lowest BCUT2D eigenvalue weighted by molar-refractivity contribution is -0.133. The van der Waals surface area contributed by atoms with Crippen LogP contribution in [0.25, 0.3) is 5.57 Å². The third-order valence-corrected chi connectivity index (χ3v) is 5.69. The molecular weight excluding hydrogens is 376 g/mol. The molecule has 2 N–H and O–H groups in total. The molecule has 1 unspecified atom stereocenters. The largest absolute Gasteiger partial charge is 0.351 e. The highest BCUT2D eigenvalue weighted by Crippen LogP contribution is 2.32. The van der Waals surface area contributed by atoms with Crippen molar-refractivity contribution in [1.82, 2.24) is 20.6 Å². The lowest BCUT2D eigenvalue weighted by atomic mass is 9.77. The van der Waals surface area contributed by atoms with Crippen LogP contribution in [0.5, 0.6) is 0 Å². The average Bonchev–Trinajstić information content (AvgIpc) is 3.56. The van der Waals surface area contributed by atoms with Gasteiger partial charge in [-0.1, -0.05) is 35.9 Å². The maximum absolute atomic E-state index is 13.7. The van der Waals surface area contributed by atoms with E-state index in [-0.39, 0.29) is 17.7 Å². The van der Waals surface area contributed by atoms with E-state index in [0.29, 0.717) is 29.8 Å². The third kappa shape index (κ3) is 3.96. The van der Waals surface area contributed by atoms with Gasteiger partial charge in [-0.15, -0.1) is 0 Å². The van der Waals surface area contributed by atoms with Crippen molar-refractivity contribution in [3.05, 3.63) is 77.4 Å². The van der Waals surface area contributed by atoms with Gasteiger partial charge in [-0.25, -0.2) is 0 Å². The van der Waals surface area contributed by atoms with Gasteiger partial charge in [0.15, 0.2) is 11.3 Å². The summed E-state index contributed by atoms with van der Waals surface area (Å²) in [6.07, 6.45) is 10.8. The summed E-state index contributed by atoms with van der Waals surface area (Å²) in [5.41, 5.74) is 2.46. The number of aromatic nitrogens is 2. The van der Waals surface area contributed by atoms with Gasteiger partial charge in [0.1, 0.15) is 0 Å². The Morgan fingerprint density at radius 1 is 1.13 bits per heavy atom. The number of nitrogens with zero attached hydrogens (tertiary/aromatic N) is 2. The second kappa shape index (κ2) is 8.32. The van der Waals surface area contributed by atoms with Crippen LogP contribution in [0.4, 0.5) is 0 Å². The Morgan fingerprint density at radius 2 is 1.90 bits per heavy atom. The van der Waals surface area contributed by atoms with Crippen LogP contribution >= 0.6 is 0 Å². The number of hydrogen-bond acceptors (Lipinski definition) is 5. The van der Waals surface area contributed by atoms with Crippen molar-refractivity contribution in [2.45, 2.75) is 44.7 Å². The zero-order valence-corrected chi connectivity index (χ0v) is 17.3. The molecule has 4 rings (SSSR count). The van der Waals surface area contributed by atoms with Gasteiger partial charge in [0.2, 0.25) is 0 Å². The van der Waals surface area contributed by atoms with Crippen LogP contribution in [-0.4, -0.2) is 39.8 Å². The molecule has 2 aromatic rings. The van der Waals surface area contributed by atoms with E-state index in [1.54, 1.807) is 24.7 Å². The SMILES string of the molecule is CC1=CC=C(c2cnccn2)C(=O)C1(NCCc1ccc(C)cc1)C(=O)NC1CC1. The molecule has 1 aromatic heterocycles. The molecule has 154 valence electrons. The predicted octanol–water partition coefficient (Wildman–Crippen LogP) is 2.55. The second-order valence-electron chi connectivity index (χ2n) is 8.01.